The summed E-state index contributed by atoms with van der Waals surface area (Å²) >= 11 is 0. The molecule has 116 valence electrons. The molecule has 0 spiro atoms. The third-order valence-electron chi connectivity index (χ3n) is 4.49. The molecule has 0 atom stereocenters. The van der Waals surface area contributed by atoms with Crippen molar-refractivity contribution in [1.82, 2.24) is 10.2 Å². The first-order valence-electron chi connectivity index (χ1n) is 7.59. The number of hydrogen-bond donors (Lipinski definition) is 2. The number of hydrogen-bond acceptors (Lipinski definition) is 3. The second kappa shape index (κ2) is 7.05. The Labute approximate surface area is 120 Å². The molecule has 3 heteroatoms. The standard InChI is InChI=1S/C16H36N2O/c1-9-16(10-2,11-17-14(3,4)5)12-18(8)15(6,7)13-19/h17,19H,9-13H2,1-8H3. The predicted octanol–water partition coefficient (Wildman–Crippen LogP) is 2.88. The third-order valence-corrected chi connectivity index (χ3v) is 4.49. The van der Waals surface area contributed by atoms with Gasteiger partial charge in [0.15, 0.2) is 0 Å². The second-order valence-electron chi connectivity index (χ2n) is 7.64. The molecule has 0 aliphatic rings. The molecule has 0 rings (SSSR count). The van der Waals surface area contributed by atoms with Gasteiger partial charge < -0.3 is 10.4 Å². The molecule has 19 heavy (non-hydrogen) atoms. The van der Waals surface area contributed by atoms with Crippen LogP contribution in [0.4, 0.5) is 0 Å². The van der Waals surface area contributed by atoms with Crippen LogP contribution < -0.4 is 5.32 Å². The second-order valence-corrected chi connectivity index (χ2v) is 7.64. The van der Waals surface area contributed by atoms with Crippen molar-refractivity contribution in [2.75, 3.05) is 26.7 Å². The van der Waals surface area contributed by atoms with E-state index >= 15 is 0 Å². The van der Waals surface area contributed by atoms with E-state index in [9.17, 15) is 5.11 Å². The van der Waals surface area contributed by atoms with Crippen molar-refractivity contribution in [3.8, 4) is 0 Å². The summed E-state index contributed by atoms with van der Waals surface area (Å²) in [5.41, 5.74) is 0.270. The Balaban J connectivity index is 4.80. The van der Waals surface area contributed by atoms with Gasteiger partial charge in [0.2, 0.25) is 0 Å². The van der Waals surface area contributed by atoms with Crippen LogP contribution in [-0.2, 0) is 0 Å². The average molecular weight is 272 g/mol. The minimum Gasteiger partial charge on any atom is -0.394 e. The quantitative estimate of drug-likeness (QED) is 0.713. The molecule has 3 nitrogen and oxygen atoms in total. The van der Waals surface area contributed by atoms with Crippen LogP contribution in [0.25, 0.3) is 0 Å². The predicted molar refractivity (Wildman–Crippen MR) is 84.6 cm³/mol. The molecule has 0 aromatic rings. The molecule has 0 aliphatic heterocycles. The van der Waals surface area contributed by atoms with Crippen LogP contribution in [-0.4, -0.2) is 47.8 Å². The molecular formula is C16H36N2O. The Morgan fingerprint density at radius 2 is 1.47 bits per heavy atom. The Morgan fingerprint density at radius 1 is 1.00 bits per heavy atom. The molecule has 0 aromatic carbocycles. The number of nitrogens with one attached hydrogen (secondary N) is 1. The Morgan fingerprint density at radius 3 is 1.79 bits per heavy atom. The van der Waals surface area contributed by atoms with Gasteiger partial charge in [-0.15, -0.1) is 0 Å². The zero-order valence-electron chi connectivity index (χ0n) is 14.4. The first-order chi connectivity index (χ1) is 8.52. The topological polar surface area (TPSA) is 35.5 Å². The third kappa shape index (κ3) is 6.24. The van der Waals surface area contributed by atoms with Crippen molar-refractivity contribution >= 4 is 0 Å². The normalized spacial score (nSPS) is 14.2. The van der Waals surface area contributed by atoms with Crippen molar-refractivity contribution in [2.24, 2.45) is 5.41 Å². The fourth-order valence-corrected chi connectivity index (χ4v) is 2.07. The molecule has 0 heterocycles. The number of likely N-dealkylation sites (N-methyl/N-ethyl adjacent to an activating group) is 1. The zero-order chi connectivity index (χ0) is 15.3. The van der Waals surface area contributed by atoms with Gasteiger partial charge in [-0.3, -0.25) is 4.90 Å². The molecule has 0 aromatic heterocycles. The summed E-state index contributed by atoms with van der Waals surface area (Å²) in [5.74, 6) is 0. The summed E-state index contributed by atoms with van der Waals surface area (Å²) in [6.07, 6.45) is 2.30. The summed E-state index contributed by atoms with van der Waals surface area (Å²) in [5, 5.41) is 13.2. The van der Waals surface area contributed by atoms with Crippen LogP contribution >= 0.6 is 0 Å². The van der Waals surface area contributed by atoms with Crippen LogP contribution in [0, 0.1) is 5.41 Å². The molecule has 0 saturated heterocycles. The summed E-state index contributed by atoms with van der Waals surface area (Å²) < 4.78 is 0. The van der Waals surface area contributed by atoms with Crippen LogP contribution in [0.15, 0.2) is 0 Å². The Kier molecular flexibility index (Phi) is 7.01. The van der Waals surface area contributed by atoms with Crippen LogP contribution in [0.1, 0.15) is 61.3 Å². The SMILES string of the molecule is CCC(CC)(CNC(C)(C)C)CN(C)C(C)(C)CO. The van der Waals surface area contributed by atoms with Crippen molar-refractivity contribution in [2.45, 2.75) is 72.4 Å². The minimum absolute atomic E-state index is 0.153. The van der Waals surface area contributed by atoms with E-state index in [-0.39, 0.29) is 23.1 Å². The van der Waals surface area contributed by atoms with Gasteiger partial charge >= 0.3 is 0 Å². The Bertz CT molecular complexity index is 252. The number of aliphatic hydroxyl groups is 1. The van der Waals surface area contributed by atoms with E-state index in [1.54, 1.807) is 0 Å². The van der Waals surface area contributed by atoms with Crippen LogP contribution in [0.5, 0.6) is 0 Å². The molecule has 0 radical (unpaired) electrons. The lowest BCUT2D eigenvalue weighted by atomic mass is 9.80. The average Bonchev–Trinajstić information content (AvgIpc) is 2.33. The molecule has 0 bridgehead atoms. The van der Waals surface area contributed by atoms with Crippen molar-refractivity contribution in [3.05, 3.63) is 0 Å². The van der Waals surface area contributed by atoms with Gasteiger partial charge in [0.25, 0.3) is 0 Å². The Hall–Kier alpha value is -0.120. The largest absolute Gasteiger partial charge is 0.394 e. The smallest absolute Gasteiger partial charge is 0.0609 e. The van der Waals surface area contributed by atoms with Crippen molar-refractivity contribution in [1.29, 1.82) is 0 Å². The summed E-state index contributed by atoms with van der Waals surface area (Å²) in [6, 6.07) is 0. The highest BCUT2D eigenvalue weighted by molar-refractivity contribution is 4.89. The molecule has 0 fully saturated rings. The van der Waals surface area contributed by atoms with Crippen LogP contribution in [0.2, 0.25) is 0 Å². The molecule has 0 saturated carbocycles. The van der Waals surface area contributed by atoms with Gasteiger partial charge in [0.1, 0.15) is 0 Å². The van der Waals surface area contributed by atoms with Gasteiger partial charge in [-0.25, -0.2) is 0 Å². The minimum atomic E-state index is -0.155. The zero-order valence-corrected chi connectivity index (χ0v) is 14.4. The first-order valence-corrected chi connectivity index (χ1v) is 7.59. The van der Waals surface area contributed by atoms with Crippen molar-refractivity contribution < 1.29 is 5.11 Å². The van der Waals surface area contributed by atoms with Gasteiger partial charge in [0, 0.05) is 24.2 Å². The highest BCUT2D eigenvalue weighted by Crippen LogP contribution is 2.29. The maximum Gasteiger partial charge on any atom is 0.0609 e. The van der Waals surface area contributed by atoms with E-state index in [1.807, 2.05) is 0 Å². The molecule has 0 aliphatic carbocycles. The van der Waals surface area contributed by atoms with E-state index in [1.165, 1.54) is 0 Å². The summed E-state index contributed by atoms with van der Waals surface area (Å²) in [7, 11) is 2.12. The van der Waals surface area contributed by atoms with Crippen LogP contribution in [0.3, 0.4) is 0 Å². The highest BCUT2D eigenvalue weighted by Gasteiger charge is 2.33. The molecule has 2 N–H and O–H groups in total. The van der Waals surface area contributed by atoms with Gasteiger partial charge in [-0.05, 0) is 59.9 Å². The highest BCUT2D eigenvalue weighted by atomic mass is 16.3. The molecule has 0 unspecified atom stereocenters. The van der Waals surface area contributed by atoms with E-state index in [2.05, 4.69) is 65.7 Å². The lowest BCUT2D eigenvalue weighted by Gasteiger charge is -2.43. The maximum absolute atomic E-state index is 9.51. The van der Waals surface area contributed by atoms with Gasteiger partial charge in [-0.2, -0.15) is 0 Å². The molecule has 0 amide bonds. The molecular weight excluding hydrogens is 236 g/mol. The number of aliphatic hydroxyl groups excluding tert-OH is 1. The van der Waals surface area contributed by atoms with E-state index in [0.29, 0.717) is 0 Å². The monoisotopic (exact) mass is 272 g/mol. The van der Waals surface area contributed by atoms with Crippen molar-refractivity contribution in [3.63, 3.8) is 0 Å². The van der Waals surface area contributed by atoms with Gasteiger partial charge in [0.05, 0.1) is 6.61 Å². The number of nitrogens with zero attached hydrogens (tertiary/aromatic N) is 1. The van der Waals surface area contributed by atoms with Gasteiger partial charge in [-0.1, -0.05) is 13.8 Å². The van der Waals surface area contributed by atoms with E-state index in [0.717, 1.165) is 25.9 Å². The lowest BCUT2D eigenvalue weighted by Crippen LogP contribution is -2.53. The fraction of sp³-hybridized carbons (Fsp3) is 1.00. The fourth-order valence-electron chi connectivity index (χ4n) is 2.07. The lowest BCUT2D eigenvalue weighted by molar-refractivity contribution is 0.0348. The van der Waals surface area contributed by atoms with E-state index in [4.69, 9.17) is 0 Å². The van der Waals surface area contributed by atoms with E-state index < -0.39 is 0 Å². The maximum atomic E-state index is 9.51. The first kappa shape index (κ1) is 18.9. The number of rotatable bonds is 8. The summed E-state index contributed by atoms with van der Waals surface area (Å²) in [4.78, 5) is 2.30. The summed E-state index contributed by atoms with van der Waals surface area (Å²) in [6.45, 7) is 17.6.